The molecule has 1 heterocycles. The maximum Gasteiger partial charge on any atom is 0.0347 e. The Morgan fingerprint density at radius 3 is 2.59 bits per heavy atom. The molecular formula is C15H24N2. The van der Waals surface area contributed by atoms with Crippen molar-refractivity contribution < 1.29 is 0 Å². The summed E-state index contributed by atoms with van der Waals surface area (Å²) in [5.41, 5.74) is 8.20. The van der Waals surface area contributed by atoms with E-state index in [-0.39, 0.29) is 0 Å². The number of para-hydroxylation sites is 1. The van der Waals surface area contributed by atoms with Gasteiger partial charge in [0.15, 0.2) is 0 Å². The second-order valence-electron chi connectivity index (χ2n) is 5.14. The van der Waals surface area contributed by atoms with Gasteiger partial charge in [-0.1, -0.05) is 31.5 Å². The van der Waals surface area contributed by atoms with Crippen LogP contribution in [0.2, 0.25) is 0 Å². The molecule has 2 nitrogen and oxygen atoms in total. The number of nitrogens with two attached hydrogens (primary N) is 1. The van der Waals surface area contributed by atoms with Crippen molar-refractivity contribution in [1.82, 2.24) is 4.90 Å². The van der Waals surface area contributed by atoms with E-state index < -0.39 is 0 Å². The highest BCUT2D eigenvalue weighted by Gasteiger charge is 2.17. The predicted molar refractivity (Wildman–Crippen MR) is 74.0 cm³/mol. The summed E-state index contributed by atoms with van der Waals surface area (Å²) >= 11 is 0. The average Bonchev–Trinajstić information content (AvgIpc) is 2.38. The molecule has 0 aromatic heterocycles. The normalized spacial score (nSPS) is 18.4. The van der Waals surface area contributed by atoms with Crippen LogP contribution in [-0.2, 0) is 6.42 Å². The number of likely N-dealkylation sites (tertiary alicyclic amines) is 1. The molecule has 0 unspecified atom stereocenters. The molecule has 0 bridgehead atoms. The quantitative estimate of drug-likeness (QED) is 0.809. The minimum absolute atomic E-state index is 0.941. The minimum Gasteiger partial charge on any atom is -0.399 e. The topological polar surface area (TPSA) is 29.3 Å². The van der Waals surface area contributed by atoms with E-state index in [9.17, 15) is 0 Å². The van der Waals surface area contributed by atoms with Gasteiger partial charge in [-0.15, -0.1) is 0 Å². The summed E-state index contributed by atoms with van der Waals surface area (Å²) in [5.74, 6) is 0.966. The summed E-state index contributed by atoms with van der Waals surface area (Å²) in [6.45, 7) is 6.01. The van der Waals surface area contributed by atoms with Gasteiger partial charge >= 0.3 is 0 Å². The second-order valence-corrected chi connectivity index (χ2v) is 5.14. The van der Waals surface area contributed by atoms with E-state index >= 15 is 0 Å². The van der Waals surface area contributed by atoms with Crippen LogP contribution in [-0.4, -0.2) is 24.5 Å². The number of rotatable bonds is 4. The Bertz CT molecular complexity index is 341. The van der Waals surface area contributed by atoms with Gasteiger partial charge in [0, 0.05) is 12.2 Å². The number of anilines is 1. The van der Waals surface area contributed by atoms with E-state index in [1.54, 1.807) is 0 Å². The maximum atomic E-state index is 5.96. The van der Waals surface area contributed by atoms with Gasteiger partial charge in [0.2, 0.25) is 0 Å². The fourth-order valence-corrected chi connectivity index (χ4v) is 2.66. The van der Waals surface area contributed by atoms with Gasteiger partial charge in [0.25, 0.3) is 0 Å². The van der Waals surface area contributed by atoms with Crippen LogP contribution in [0.4, 0.5) is 5.69 Å². The van der Waals surface area contributed by atoms with Crippen molar-refractivity contribution in [3.8, 4) is 0 Å². The molecule has 0 radical (unpaired) electrons. The van der Waals surface area contributed by atoms with Crippen LogP contribution in [0.5, 0.6) is 0 Å². The number of nitrogens with zero attached hydrogens (tertiary/aromatic N) is 1. The fraction of sp³-hybridized carbons (Fsp3) is 0.600. The van der Waals surface area contributed by atoms with Crippen LogP contribution in [0.3, 0.4) is 0 Å². The highest BCUT2D eigenvalue weighted by atomic mass is 15.1. The minimum atomic E-state index is 0.941. The van der Waals surface area contributed by atoms with E-state index in [0.29, 0.717) is 0 Å². The highest BCUT2D eigenvalue weighted by Crippen LogP contribution is 2.20. The maximum absolute atomic E-state index is 5.96. The number of benzene rings is 1. The van der Waals surface area contributed by atoms with E-state index in [4.69, 9.17) is 5.73 Å². The van der Waals surface area contributed by atoms with E-state index in [2.05, 4.69) is 24.0 Å². The zero-order valence-corrected chi connectivity index (χ0v) is 10.9. The molecule has 2 rings (SSSR count). The molecule has 0 atom stereocenters. The third-order valence-corrected chi connectivity index (χ3v) is 4.04. The SMILES string of the molecule is CCC1CCN(CCc2ccccc2N)CC1. The smallest absolute Gasteiger partial charge is 0.0347 e. The molecule has 1 aliphatic heterocycles. The van der Waals surface area contributed by atoms with Gasteiger partial charge in [0.1, 0.15) is 0 Å². The van der Waals surface area contributed by atoms with Crippen molar-refractivity contribution in [2.24, 2.45) is 5.92 Å². The van der Waals surface area contributed by atoms with Crippen molar-refractivity contribution in [3.63, 3.8) is 0 Å². The van der Waals surface area contributed by atoms with E-state index in [1.807, 2.05) is 12.1 Å². The van der Waals surface area contributed by atoms with Gasteiger partial charge < -0.3 is 10.6 Å². The first kappa shape index (κ1) is 12.4. The van der Waals surface area contributed by atoms with E-state index in [0.717, 1.165) is 24.6 Å². The summed E-state index contributed by atoms with van der Waals surface area (Å²) in [4.78, 5) is 2.58. The Morgan fingerprint density at radius 1 is 1.24 bits per heavy atom. The monoisotopic (exact) mass is 232 g/mol. The van der Waals surface area contributed by atoms with Crippen molar-refractivity contribution >= 4 is 5.69 Å². The Kier molecular flexibility index (Phi) is 4.43. The first-order valence-corrected chi connectivity index (χ1v) is 6.85. The molecular weight excluding hydrogens is 208 g/mol. The van der Waals surface area contributed by atoms with E-state index in [1.165, 1.54) is 37.9 Å². The predicted octanol–water partition coefficient (Wildman–Crippen LogP) is 2.93. The van der Waals surface area contributed by atoms with Gasteiger partial charge in [-0.2, -0.15) is 0 Å². The first-order valence-electron chi connectivity index (χ1n) is 6.85. The highest BCUT2D eigenvalue weighted by molar-refractivity contribution is 5.46. The zero-order valence-electron chi connectivity index (χ0n) is 10.9. The van der Waals surface area contributed by atoms with Crippen LogP contribution in [0, 0.1) is 5.92 Å². The molecule has 0 amide bonds. The summed E-state index contributed by atoms with van der Waals surface area (Å²) in [7, 11) is 0. The molecule has 1 fully saturated rings. The fourth-order valence-electron chi connectivity index (χ4n) is 2.66. The van der Waals surface area contributed by atoms with Crippen LogP contribution < -0.4 is 5.73 Å². The van der Waals surface area contributed by atoms with Gasteiger partial charge in [-0.25, -0.2) is 0 Å². The molecule has 0 aliphatic carbocycles. The molecule has 2 heteroatoms. The Hall–Kier alpha value is -1.02. The summed E-state index contributed by atoms with van der Waals surface area (Å²) in [6.07, 6.45) is 5.19. The summed E-state index contributed by atoms with van der Waals surface area (Å²) in [6, 6.07) is 8.23. The lowest BCUT2D eigenvalue weighted by Crippen LogP contribution is -2.35. The molecule has 1 aromatic rings. The number of hydrogen-bond donors (Lipinski definition) is 1. The van der Waals surface area contributed by atoms with Crippen molar-refractivity contribution in [3.05, 3.63) is 29.8 Å². The lowest BCUT2D eigenvalue weighted by Gasteiger charge is -2.31. The molecule has 17 heavy (non-hydrogen) atoms. The Morgan fingerprint density at radius 2 is 1.94 bits per heavy atom. The second kappa shape index (κ2) is 6.06. The average molecular weight is 232 g/mol. The molecule has 1 saturated heterocycles. The van der Waals surface area contributed by atoms with Crippen LogP contribution >= 0.6 is 0 Å². The van der Waals surface area contributed by atoms with Crippen LogP contribution in [0.1, 0.15) is 31.7 Å². The lowest BCUT2D eigenvalue weighted by molar-refractivity contribution is 0.184. The standard InChI is InChI=1S/C15H24N2/c1-2-13-7-10-17(11-8-13)12-9-14-5-3-4-6-15(14)16/h3-6,13H,2,7-12,16H2,1H3. The van der Waals surface area contributed by atoms with Gasteiger partial charge in [0.05, 0.1) is 0 Å². The van der Waals surface area contributed by atoms with Crippen molar-refractivity contribution in [2.45, 2.75) is 32.6 Å². The molecule has 0 spiro atoms. The Balaban J connectivity index is 1.78. The lowest BCUT2D eigenvalue weighted by atomic mass is 9.94. The third kappa shape index (κ3) is 3.47. The number of hydrogen-bond acceptors (Lipinski definition) is 2. The number of nitrogen functional groups attached to an aromatic ring is 1. The molecule has 1 aliphatic rings. The van der Waals surface area contributed by atoms with Crippen molar-refractivity contribution in [2.75, 3.05) is 25.4 Å². The zero-order chi connectivity index (χ0) is 12.1. The largest absolute Gasteiger partial charge is 0.399 e. The van der Waals surface area contributed by atoms with Crippen molar-refractivity contribution in [1.29, 1.82) is 0 Å². The van der Waals surface area contributed by atoms with Crippen LogP contribution in [0.15, 0.2) is 24.3 Å². The molecule has 0 saturated carbocycles. The third-order valence-electron chi connectivity index (χ3n) is 4.04. The number of piperidine rings is 1. The Labute approximate surface area is 105 Å². The molecule has 2 N–H and O–H groups in total. The van der Waals surface area contributed by atoms with Gasteiger partial charge in [-0.3, -0.25) is 0 Å². The van der Waals surface area contributed by atoms with Gasteiger partial charge in [-0.05, 0) is 49.9 Å². The summed E-state index contributed by atoms with van der Waals surface area (Å²) in [5, 5.41) is 0. The summed E-state index contributed by atoms with van der Waals surface area (Å²) < 4.78 is 0. The molecule has 94 valence electrons. The van der Waals surface area contributed by atoms with Crippen LogP contribution in [0.25, 0.3) is 0 Å². The first-order chi connectivity index (χ1) is 8.29. The molecule has 1 aromatic carbocycles.